The maximum absolute atomic E-state index is 13.7. The molecule has 1 aromatic carbocycles. The number of aliphatic hydroxyl groups is 1. The monoisotopic (exact) mass is 248 g/mol. The average molecular weight is 249 g/mol. The molecule has 1 aliphatic carbocycles. The van der Waals surface area contributed by atoms with E-state index in [9.17, 15) is 13.9 Å². The summed E-state index contributed by atoms with van der Waals surface area (Å²) in [5.74, 6) is -2.19. The van der Waals surface area contributed by atoms with Crippen molar-refractivity contribution >= 4 is 11.6 Å². The van der Waals surface area contributed by atoms with Crippen LogP contribution >= 0.6 is 11.6 Å². The Bertz CT molecular complexity index is 430. The van der Waals surface area contributed by atoms with Crippen LogP contribution in [-0.2, 0) is 6.42 Å². The molecule has 1 aromatic rings. The van der Waals surface area contributed by atoms with Gasteiger partial charge in [0.05, 0.1) is 17.7 Å². The minimum atomic E-state index is -0.909. The standard InChI is InChI=1S/C11H11ClF2O2/c1-16-10-8(13)6(4-7(12)9(10)14)5-11(15)2-3-11/h4,15H,2-3,5H2,1H3. The summed E-state index contributed by atoms with van der Waals surface area (Å²) in [6.07, 6.45) is 1.39. The first-order valence-electron chi connectivity index (χ1n) is 4.89. The highest BCUT2D eigenvalue weighted by molar-refractivity contribution is 6.31. The second-order valence-electron chi connectivity index (χ2n) is 4.08. The van der Waals surface area contributed by atoms with Crippen molar-refractivity contribution in [2.24, 2.45) is 0 Å². The van der Waals surface area contributed by atoms with Crippen LogP contribution in [0, 0.1) is 11.6 Å². The number of halogens is 3. The molecule has 88 valence electrons. The Labute approximate surface area is 96.8 Å². The molecule has 1 aliphatic rings. The molecule has 0 bridgehead atoms. The van der Waals surface area contributed by atoms with E-state index in [1.807, 2.05) is 0 Å². The van der Waals surface area contributed by atoms with Crippen LogP contribution in [0.5, 0.6) is 5.75 Å². The molecule has 16 heavy (non-hydrogen) atoms. The highest BCUT2D eigenvalue weighted by atomic mass is 35.5. The lowest BCUT2D eigenvalue weighted by Crippen LogP contribution is -2.13. The normalized spacial score (nSPS) is 17.3. The third-order valence-electron chi connectivity index (χ3n) is 2.74. The number of ether oxygens (including phenoxy) is 1. The molecule has 0 heterocycles. The van der Waals surface area contributed by atoms with Gasteiger partial charge >= 0.3 is 0 Å². The van der Waals surface area contributed by atoms with Gasteiger partial charge in [0.2, 0.25) is 0 Å². The second-order valence-corrected chi connectivity index (χ2v) is 4.49. The van der Waals surface area contributed by atoms with E-state index in [4.69, 9.17) is 11.6 Å². The van der Waals surface area contributed by atoms with Gasteiger partial charge in [0, 0.05) is 6.42 Å². The number of rotatable bonds is 3. The second kappa shape index (κ2) is 3.86. The summed E-state index contributed by atoms with van der Waals surface area (Å²) >= 11 is 5.62. The lowest BCUT2D eigenvalue weighted by atomic mass is 10.1. The zero-order chi connectivity index (χ0) is 11.9. The Morgan fingerprint density at radius 3 is 2.56 bits per heavy atom. The molecular formula is C11H11ClF2O2. The largest absolute Gasteiger partial charge is 0.491 e. The predicted molar refractivity (Wildman–Crippen MR) is 55.8 cm³/mol. The first kappa shape index (κ1) is 11.6. The van der Waals surface area contributed by atoms with Crippen LogP contribution in [0.3, 0.4) is 0 Å². The number of methoxy groups -OCH3 is 1. The number of hydrogen-bond acceptors (Lipinski definition) is 2. The maximum atomic E-state index is 13.7. The fourth-order valence-corrected chi connectivity index (χ4v) is 1.83. The zero-order valence-corrected chi connectivity index (χ0v) is 9.44. The first-order valence-corrected chi connectivity index (χ1v) is 5.27. The number of benzene rings is 1. The number of hydrogen-bond donors (Lipinski definition) is 1. The average Bonchev–Trinajstić information content (AvgIpc) is 2.94. The van der Waals surface area contributed by atoms with Gasteiger partial charge in [-0.1, -0.05) is 11.6 Å². The van der Waals surface area contributed by atoms with E-state index in [1.54, 1.807) is 0 Å². The van der Waals surface area contributed by atoms with Crippen molar-refractivity contribution in [1.82, 2.24) is 0 Å². The summed E-state index contributed by atoms with van der Waals surface area (Å²) in [6.45, 7) is 0. The molecule has 2 rings (SSSR count). The van der Waals surface area contributed by atoms with E-state index < -0.39 is 23.0 Å². The third kappa shape index (κ3) is 1.99. The van der Waals surface area contributed by atoms with Crippen molar-refractivity contribution in [3.05, 3.63) is 28.3 Å². The molecule has 0 atom stereocenters. The summed E-state index contributed by atoms with van der Waals surface area (Å²) in [5, 5.41) is 9.49. The van der Waals surface area contributed by atoms with Gasteiger partial charge in [0.1, 0.15) is 0 Å². The fourth-order valence-electron chi connectivity index (χ4n) is 1.61. The van der Waals surface area contributed by atoms with E-state index in [2.05, 4.69) is 4.74 Å². The van der Waals surface area contributed by atoms with Gasteiger partial charge in [-0.15, -0.1) is 0 Å². The predicted octanol–water partition coefficient (Wildman–Crippen LogP) is 2.69. The summed E-state index contributed by atoms with van der Waals surface area (Å²) < 4.78 is 31.7. The minimum absolute atomic E-state index is 0.134. The van der Waals surface area contributed by atoms with E-state index in [-0.39, 0.29) is 17.0 Å². The fraction of sp³-hybridized carbons (Fsp3) is 0.455. The Kier molecular flexibility index (Phi) is 2.80. The summed E-state index contributed by atoms with van der Waals surface area (Å²) in [6, 6.07) is 1.20. The molecule has 0 unspecified atom stereocenters. The van der Waals surface area contributed by atoms with Crippen LogP contribution in [-0.4, -0.2) is 17.8 Å². The van der Waals surface area contributed by atoms with Crippen LogP contribution < -0.4 is 4.74 Å². The Balaban J connectivity index is 2.41. The smallest absolute Gasteiger partial charge is 0.192 e. The molecular weight excluding hydrogens is 238 g/mol. The Hall–Kier alpha value is -0.870. The van der Waals surface area contributed by atoms with Crippen LogP contribution in [0.2, 0.25) is 5.02 Å². The topological polar surface area (TPSA) is 29.5 Å². The molecule has 5 heteroatoms. The SMILES string of the molecule is COc1c(F)c(Cl)cc(CC2(O)CC2)c1F. The van der Waals surface area contributed by atoms with Gasteiger partial charge in [0.25, 0.3) is 0 Å². The molecule has 0 radical (unpaired) electrons. The minimum Gasteiger partial charge on any atom is -0.491 e. The maximum Gasteiger partial charge on any atom is 0.192 e. The molecule has 0 saturated heterocycles. The highest BCUT2D eigenvalue weighted by Crippen LogP contribution is 2.41. The summed E-state index contributed by atoms with van der Waals surface area (Å²) in [5.41, 5.74) is -0.671. The zero-order valence-electron chi connectivity index (χ0n) is 8.69. The molecule has 2 nitrogen and oxygen atoms in total. The van der Waals surface area contributed by atoms with Gasteiger partial charge < -0.3 is 9.84 Å². The Morgan fingerprint density at radius 2 is 2.06 bits per heavy atom. The molecule has 0 aliphatic heterocycles. The van der Waals surface area contributed by atoms with Gasteiger partial charge in [-0.2, -0.15) is 0 Å². The van der Waals surface area contributed by atoms with Crippen LogP contribution in [0.1, 0.15) is 18.4 Å². The lowest BCUT2D eigenvalue weighted by Gasteiger charge is -2.12. The van der Waals surface area contributed by atoms with Crippen molar-refractivity contribution in [3.8, 4) is 5.75 Å². The first-order chi connectivity index (χ1) is 7.47. The van der Waals surface area contributed by atoms with Gasteiger partial charge in [-0.05, 0) is 24.5 Å². The van der Waals surface area contributed by atoms with Crippen molar-refractivity contribution in [2.75, 3.05) is 7.11 Å². The van der Waals surface area contributed by atoms with Crippen molar-refractivity contribution in [3.63, 3.8) is 0 Å². The van der Waals surface area contributed by atoms with Gasteiger partial charge in [-0.25, -0.2) is 8.78 Å². The van der Waals surface area contributed by atoms with E-state index in [0.29, 0.717) is 12.8 Å². The summed E-state index contributed by atoms with van der Waals surface area (Å²) in [4.78, 5) is 0. The summed E-state index contributed by atoms with van der Waals surface area (Å²) in [7, 11) is 1.17. The van der Waals surface area contributed by atoms with Crippen LogP contribution in [0.25, 0.3) is 0 Å². The van der Waals surface area contributed by atoms with Crippen LogP contribution in [0.4, 0.5) is 8.78 Å². The van der Waals surface area contributed by atoms with Crippen molar-refractivity contribution in [1.29, 1.82) is 0 Å². The molecule has 1 fully saturated rings. The molecule has 1 saturated carbocycles. The van der Waals surface area contributed by atoms with Crippen molar-refractivity contribution < 1.29 is 18.6 Å². The quantitative estimate of drug-likeness (QED) is 0.834. The van der Waals surface area contributed by atoms with Gasteiger partial charge in [-0.3, -0.25) is 0 Å². The Morgan fingerprint density at radius 1 is 1.44 bits per heavy atom. The van der Waals surface area contributed by atoms with E-state index in [0.717, 1.165) is 0 Å². The van der Waals surface area contributed by atoms with E-state index >= 15 is 0 Å². The van der Waals surface area contributed by atoms with E-state index in [1.165, 1.54) is 13.2 Å². The van der Waals surface area contributed by atoms with Gasteiger partial charge in [0.15, 0.2) is 17.4 Å². The highest BCUT2D eigenvalue weighted by Gasteiger charge is 2.41. The molecule has 1 N–H and O–H groups in total. The molecule has 0 spiro atoms. The van der Waals surface area contributed by atoms with Crippen molar-refractivity contribution in [2.45, 2.75) is 24.9 Å². The third-order valence-corrected chi connectivity index (χ3v) is 3.02. The molecule has 0 aromatic heterocycles. The molecule has 0 amide bonds. The van der Waals surface area contributed by atoms with Crippen LogP contribution in [0.15, 0.2) is 6.07 Å². The lowest BCUT2D eigenvalue weighted by molar-refractivity contribution is 0.149.